The summed E-state index contributed by atoms with van der Waals surface area (Å²) in [6, 6.07) is 21.8. The van der Waals surface area contributed by atoms with Crippen LogP contribution in [0.25, 0.3) is 16.5 Å². The highest BCUT2D eigenvalue weighted by molar-refractivity contribution is 6.30. The van der Waals surface area contributed by atoms with Crippen molar-refractivity contribution < 1.29 is 33.8 Å². The molecule has 0 radical (unpaired) electrons. The van der Waals surface area contributed by atoms with Gasteiger partial charge in [0.1, 0.15) is 30.3 Å². The molecule has 5 aromatic carbocycles. The number of aryl methyl sites for hydroxylation is 2. The Morgan fingerprint density at radius 2 is 1.51 bits per heavy atom. The van der Waals surface area contributed by atoms with Gasteiger partial charge >= 0.3 is 0 Å². The predicted molar refractivity (Wildman–Crippen MR) is 279 cm³/mol. The number of nitrogens with one attached hydrogen (secondary N) is 1. The fourth-order valence-electron chi connectivity index (χ4n) is 12.8. The van der Waals surface area contributed by atoms with Crippen LogP contribution < -0.4 is 39.9 Å². The highest BCUT2D eigenvalue weighted by Crippen LogP contribution is 2.49. The van der Waals surface area contributed by atoms with Crippen molar-refractivity contribution in [2.45, 2.75) is 71.1 Å². The molecule has 0 aliphatic carbocycles. The molecule has 1 fully saturated rings. The second kappa shape index (κ2) is 19.1. The van der Waals surface area contributed by atoms with Crippen molar-refractivity contribution in [3.63, 3.8) is 0 Å². The molecular formula is C59H59ClN6O7. The molecule has 7 heterocycles. The van der Waals surface area contributed by atoms with Crippen molar-refractivity contribution in [3.8, 4) is 17.2 Å². The van der Waals surface area contributed by atoms with E-state index in [2.05, 4.69) is 31.8 Å². The number of hydrogen-bond acceptors (Lipinski definition) is 9. The molecule has 1 saturated heterocycles. The molecule has 1 N–H and O–H groups in total. The third-order valence-corrected chi connectivity index (χ3v) is 16.5. The number of aromatic nitrogens is 1. The van der Waals surface area contributed by atoms with E-state index < -0.39 is 5.97 Å². The molecule has 1 aromatic heterocycles. The summed E-state index contributed by atoms with van der Waals surface area (Å²) in [5, 5.41) is 19.8. The van der Waals surface area contributed by atoms with Crippen molar-refractivity contribution >= 4 is 57.5 Å². The van der Waals surface area contributed by atoms with Crippen LogP contribution in [0.15, 0.2) is 72.8 Å². The molecule has 6 aliphatic heterocycles. The number of methoxy groups -OCH3 is 1. The first-order valence-corrected chi connectivity index (χ1v) is 26.5. The maximum absolute atomic E-state index is 14.6. The van der Waals surface area contributed by atoms with Crippen LogP contribution in [0.2, 0.25) is 5.02 Å². The Bertz CT molecular complexity index is 3440. The number of carboxylic acid groups (broad SMARTS) is 1. The Kier molecular flexibility index (Phi) is 12.3. The van der Waals surface area contributed by atoms with E-state index in [-0.39, 0.29) is 29.7 Å². The van der Waals surface area contributed by atoms with E-state index >= 15 is 0 Å². The summed E-state index contributed by atoms with van der Waals surface area (Å²) >= 11 is 6.11. The Balaban J connectivity index is 0.763. The average molecular weight is 1000 g/mol. The van der Waals surface area contributed by atoms with Crippen molar-refractivity contribution in [1.82, 2.24) is 24.3 Å². The standard InChI is InChI=1S/C59H59ClN6O7/c1-35-45(46-33-41(72-2)17-19-50(46)66(35)58(69)36-12-15-40(60)16-13-36)34-51(67)61-20-7-21-62-26-28-65(29-27-62)57(68)39-14-18-42(59(70)71)47(32-39)52-48-30-37-8-3-22-63-24-5-10-43(53(37)63)55(48)73-56-44-11-6-25-64-23-4-9-38(54(44)64)31-49(52)56/h12-19,30-33H,3-11,20-29,34H2,1-2H3,(H-,61,67,70,71). The molecule has 14 heteroatoms. The molecule has 73 heavy (non-hydrogen) atoms. The highest BCUT2D eigenvalue weighted by atomic mass is 35.5. The van der Waals surface area contributed by atoms with E-state index in [1.165, 1.54) is 33.3 Å². The Morgan fingerprint density at radius 1 is 0.767 bits per heavy atom. The van der Waals surface area contributed by atoms with Gasteiger partial charge in [-0.15, -0.1) is 0 Å². The zero-order valence-electron chi connectivity index (χ0n) is 41.5. The number of rotatable bonds is 11. The van der Waals surface area contributed by atoms with E-state index in [1.807, 2.05) is 30.0 Å². The molecule has 374 valence electrons. The summed E-state index contributed by atoms with van der Waals surface area (Å²) in [4.78, 5) is 61.7. The Hall–Kier alpha value is -6.96. The zero-order chi connectivity index (χ0) is 50.1. The van der Waals surface area contributed by atoms with Gasteiger partial charge in [-0.25, -0.2) is 4.58 Å². The van der Waals surface area contributed by atoms with Gasteiger partial charge in [0, 0.05) is 125 Å². The van der Waals surface area contributed by atoms with Crippen LogP contribution in [0.5, 0.6) is 17.2 Å². The quantitative estimate of drug-likeness (QED) is 0.130. The van der Waals surface area contributed by atoms with Crippen LogP contribution in [0.3, 0.4) is 0 Å². The number of fused-ring (bicyclic) bond motifs is 5. The molecular weight excluding hydrogens is 940 g/mol. The molecule has 6 aliphatic rings. The lowest BCUT2D eigenvalue weighted by molar-refractivity contribution is -0.255. The largest absolute Gasteiger partial charge is 0.545 e. The fourth-order valence-corrected chi connectivity index (χ4v) is 12.9. The summed E-state index contributed by atoms with van der Waals surface area (Å²) in [6.07, 6.45) is 8.67. The molecule has 0 spiro atoms. The number of nitrogens with zero attached hydrogens (tertiary/aromatic N) is 5. The fraction of sp³-hybridized carbons (Fsp3) is 0.373. The third kappa shape index (κ3) is 8.34. The van der Waals surface area contributed by atoms with E-state index in [0.29, 0.717) is 77.8 Å². The predicted octanol–water partition coefficient (Wildman–Crippen LogP) is 5.61. The number of ether oxygens (including phenoxy) is 2. The van der Waals surface area contributed by atoms with Gasteiger partial charge in [0.2, 0.25) is 11.3 Å². The minimum absolute atomic E-state index is 0.0645. The van der Waals surface area contributed by atoms with Gasteiger partial charge in [0.05, 0.1) is 30.6 Å². The lowest BCUT2D eigenvalue weighted by Gasteiger charge is -2.39. The summed E-state index contributed by atoms with van der Waals surface area (Å²) in [5.74, 6) is 0.530. The van der Waals surface area contributed by atoms with E-state index in [0.717, 1.165) is 123 Å². The number of benzene rings is 5. The van der Waals surface area contributed by atoms with Crippen LogP contribution in [0, 0.1) is 6.92 Å². The van der Waals surface area contributed by atoms with E-state index in [4.69, 9.17) is 21.1 Å². The minimum Gasteiger partial charge on any atom is -0.545 e. The average Bonchev–Trinajstić information content (AvgIpc) is 3.68. The molecule has 6 aromatic rings. The van der Waals surface area contributed by atoms with Crippen LogP contribution in [-0.2, 0) is 36.9 Å². The maximum atomic E-state index is 14.6. The third-order valence-electron chi connectivity index (χ3n) is 16.2. The smallest absolute Gasteiger partial charge is 0.262 e. The van der Waals surface area contributed by atoms with Gasteiger partial charge < -0.3 is 34.5 Å². The molecule has 0 unspecified atom stereocenters. The van der Waals surface area contributed by atoms with Gasteiger partial charge in [-0.2, -0.15) is 0 Å². The number of halogens is 1. The second-order valence-electron chi connectivity index (χ2n) is 20.5. The van der Waals surface area contributed by atoms with Crippen LogP contribution in [0.4, 0.5) is 5.69 Å². The van der Waals surface area contributed by atoms with Crippen molar-refractivity contribution in [2.24, 2.45) is 0 Å². The monoisotopic (exact) mass is 998 g/mol. The zero-order valence-corrected chi connectivity index (χ0v) is 42.3. The Labute approximate surface area is 429 Å². The SMILES string of the molecule is COc1ccc2c(c1)c(CC(=O)NCCCN1CCN(C(=O)c3ccc(C(=O)[O-])c(C4=c5cc6c7c(c5Oc5c4cc4c8c5CCCN8CCC4)CCC[N+]=7CCC6)c3)CC1)c(C)n2C(=O)c1ccc(Cl)cc1. The highest BCUT2D eigenvalue weighted by Gasteiger charge is 2.37. The topological polar surface area (TPSA) is 139 Å². The van der Waals surface area contributed by atoms with Gasteiger partial charge in [-0.1, -0.05) is 17.7 Å². The normalized spacial score (nSPS) is 16.8. The van der Waals surface area contributed by atoms with Gasteiger partial charge in [0.15, 0.2) is 0 Å². The summed E-state index contributed by atoms with van der Waals surface area (Å²) in [5.41, 5.74) is 11.6. The number of anilines is 1. The first-order chi connectivity index (χ1) is 35.5. The van der Waals surface area contributed by atoms with E-state index in [9.17, 15) is 24.3 Å². The molecule has 2 amide bonds. The molecule has 13 nitrogen and oxygen atoms in total. The molecule has 0 atom stereocenters. The van der Waals surface area contributed by atoms with Gasteiger partial charge in [0.25, 0.3) is 11.8 Å². The number of carboxylic acids is 1. The molecule has 0 bridgehead atoms. The molecule has 0 saturated carbocycles. The number of amides is 2. The summed E-state index contributed by atoms with van der Waals surface area (Å²) < 4.78 is 16.9. The number of piperazine rings is 1. The van der Waals surface area contributed by atoms with Crippen molar-refractivity contribution in [2.75, 3.05) is 77.5 Å². The minimum atomic E-state index is -1.28. The lowest BCUT2D eigenvalue weighted by atomic mass is 9.81. The number of carbonyl (C=O) groups is 4. The van der Waals surface area contributed by atoms with E-state index in [1.54, 1.807) is 54.1 Å². The second-order valence-corrected chi connectivity index (χ2v) is 20.9. The summed E-state index contributed by atoms with van der Waals surface area (Å²) in [7, 11) is 1.59. The first kappa shape index (κ1) is 47.1. The van der Waals surface area contributed by atoms with Crippen LogP contribution in [0.1, 0.15) is 108 Å². The van der Waals surface area contributed by atoms with Crippen LogP contribution in [-0.4, -0.2) is 111 Å². The maximum Gasteiger partial charge on any atom is 0.262 e. The Morgan fingerprint density at radius 3 is 2.29 bits per heavy atom. The number of hydrogen-bond donors (Lipinski definition) is 1. The number of carbonyl (C=O) groups excluding carboxylic acids is 4. The van der Waals surface area contributed by atoms with Crippen molar-refractivity contribution in [3.05, 3.63) is 150 Å². The first-order valence-electron chi connectivity index (χ1n) is 26.1. The van der Waals surface area contributed by atoms with Gasteiger partial charge in [-0.3, -0.25) is 23.9 Å². The lowest BCUT2D eigenvalue weighted by Crippen LogP contribution is -2.49. The van der Waals surface area contributed by atoms with Crippen molar-refractivity contribution in [1.29, 1.82) is 0 Å². The van der Waals surface area contributed by atoms with Gasteiger partial charge in [-0.05, 0) is 142 Å². The molecule has 12 rings (SSSR count). The van der Waals surface area contributed by atoms with Crippen LogP contribution >= 0.6 is 11.6 Å². The summed E-state index contributed by atoms with van der Waals surface area (Å²) in [6.45, 7) is 9.52. The number of aromatic carboxylic acids is 1.